The van der Waals surface area contributed by atoms with E-state index in [4.69, 9.17) is 0 Å². The van der Waals surface area contributed by atoms with Crippen LogP contribution < -0.4 is 0 Å². The van der Waals surface area contributed by atoms with Gasteiger partial charge in [0, 0.05) is 27.2 Å². The van der Waals surface area contributed by atoms with Gasteiger partial charge in [-0.05, 0) is 36.4 Å². The van der Waals surface area contributed by atoms with Crippen LogP contribution in [0.5, 0.6) is 0 Å². The molecule has 0 spiro atoms. The van der Waals surface area contributed by atoms with Gasteiger partial charge < -0.3 is 0 Å². The first-order valence-corrected chi connectivity index (χ1v) is 6.77. The lowest BCUT2D eigenvalue weighted by atomic mass is 10.0. The number of ketones is 1. The monoisotopic (exact) mass is 322 g/mol. The predicted molar refractivity (Wildman–Crippen MR) is 84.6 cm³/mol. The van der Waals surface area contributed by atoms with Crippen LogP contribution in [0.25, 0.3) is 0 Å². The summed E-state index contributed by atoms with van der Waals surface area (Å²) in [5.74, 6) is 5.95. The van der Waals surface area contributed by atoms with Gasteiger partial charge in [-0.2, -0.15) is 0 Å². The van der Waals surface area contributed by atoms with Crippen LogP contribution in [0.4, 0.5) is 0 Å². The zero-order valence-corrected chi connectivity index (χ0v) is 12.3. The minimum absolute atomic E-state index is 0.138. The van der Waals surface area contributed by atoms with E-state index in [1.54, 1.807) is 6.07 Å². The van der Waals surface area contributed by atoms with Gasteiger partial charge >= 0.3 is 0 Å². The van der Waals surface area contributed by atoms with E-state index in [0.29, 0.717) is 11.1 Å². The maximum Gasteiger partial charge on any atom is 0.194 e. The van der Waals surface area contributed by atoms with Gasteiger partial charge in [0.25, 0.3) is 0 Å². The minimum Gasteiger partial charge on any atom is -0.289 e. The Hall–Kier alpha value is -2.33. The van der Waals surface area contributed by atoms with Gasteiger partial charge in [-0.15, -0.1) is 5.73 Å². The molecule has 0 aliphatic rings. The Morgan fingerprint density at radius 3 is 2.45 bits per heavy atom. The van der Waals surface area contributed by atoms with E-state index in [-0.39, 0.29) is 5.78 Å². The number of hydrogen-bond acceptors (Lipinski definition) is 1. The van der Waals surface area contributed by atoms with Crippen molar-refractivity contribution in [3.05, 3.63) is 88.1 Å². The number of rotatable bonds is 2. The first-order valence-electron chi connectivity index (χ1n) is 5.97. The van der Waals surface area contributed by atoms with Crippen LogP contribution in [0.2, 0.25) is 0 Å². The topological polar surface area (TPSA) is 17.1 Å². The molecule has 0 bridgehead atoms. The zero-order valence-electron chi connectivity index (χ0n) is 10.7. The summed E-state index contributed by atoms with van der Waals surface area (Å²) >= 11 is 3.38. The number of hydrogen-bond donors (Lipinski definition) is 0. The third kappa shape index (κ3) is 3.59. The first-order chi connectivity index (χ1) is 9.70. The summed E-state index contributed by atoms with van der Waals surface area (Å²) < 4.78 is 1.01. The van der Waals surface area contributed by atoms with E-state index in [2.05, 4.69) is 40.1 Å². The molecule has 0 heterocycles. The fourth-order valence-electron chi connectivity index (χ4n) is 1.65. The second-order valence-electron chi connectivity index (χ2n) is 4.02. The molecule has 2 aromatic rings. The van der Waals surface area contributed by atoms with Gasteiger partial charge in [0.2, 0.25) is 0 Å². The molecule has 96 valence electrons. The van der Waals surface area contributed by atoms with E-state index < -0.39 is 0 Å². The van der Waals surface area contributed by atoms with Crippen LogP contribution >= 0.6 is 15.9 Å². The number of benzene rings is 2. The lowest BCUT2D eigenvalue weighted by molar-refractivity contribution is 0.104. The molecule has 0 saturated heterocycles. The molecule has 0 saturated carbocycles. The van der Waals surface area contributed by atoms with E-state index >= 15 is 0 Å². The summed E-state index contributed by atoms with van der Waals surface area (Å²) in [6.07, 6.45) is 1.32. The molecule has 0 aliphatic carbocycles. The van der Waals surface area contributed by atoms with E-state index in [1.807, 2.05) is 42.5 Å². The lowest BCUT2D eigenvalue weighted by Crippen LogP contribution is -1.97. The summed E-state index contributed by atoms with van der Waals surface area (Å²) in [6, 6.07) is 15.0. The Kier molecular flexibility index (Phi) is 4.74. The molecule has 0 atom stereocenters. The molecule has 0 aromatic heterocycles. The van der Waals surface area contributed by atoms with Crippen LogP contribution in [-0.2, 0) is 0 Å². The van der Waals surface area contributed by atoms with Crippen molar-refractivity contribution in [3.63, 3.8) is 0 Å². The Morgan fingerprint density at radius 2 is 1.75 bits per heavy atom. The smallest absolute Gasteiger partial charge is 0.194 e. The Labute approximate surface area is 126 Å². The normalized spacial score (nSPS) is 9.05. The molecule has 0 amide bonds. The van der Waals surface area contributed by atoms with Crippen molar-refractivity contribution in [2.45, 2.75) is 0 Å². The quantitative estimate of drug-likeness (QED) is 0.347. The second kappa shape index (κ2) is 6.73. The molecular weight excluding hydrogens is 312 g/mol. The second-order valence-corrected chi connectivity index (χ2v) is 4.93. The zero-order chi connectivity index (χ0) is 14.4. The molecule has 0 radical (unpaired) electrons. The standard InChI is InChI=1S/C18H11BrO/c1-2-5-18(20)17-7-4-3-6-15(17)11-8-14-9-12-16(19)13-10-14/h3-7,9-10,12-13H,1H2. The van der Waals surface area contributed by atoms with E-state index in [1.165, 1.54) is 6.08 Å². The molecule has 2 rings (SSSR count). The lowest BCUT2D eigenvalue weighted by Gasteiger charge is -1.98. The number of carbonyl (C=O) groups is 1. The molecule has 1 nitrogen and oxygen atoms in total. The van der Waals surface area contributed by atoms with E-state index in [0.717, 1.165) is 10.0 Å². The van der Waals surface area contributed by atoms with Gasteiger partial charge in [-0.1, -0.05) is 46.5 Å². The van der Waals surface area contributed by atoms with Crippen molar-refractivity contribution in [2.24, 2.45) is 0 Å². The summed E-state index contributed by atoms with van der Waals surface area (Å²) in [5, 5.41) is 0. The summed E-state index contributed by atoms with van der Waals surface area (Å²) in [7, 11) is 0. The van der Waals surface area contributed by atoms with Gasteiger partial charge in [-0.25, -0.2) is 0 Å². The molecule has 0 fully saturated rings. The van der Waals surface area contributed by atoms with Crippen molar-refractivity contribution in [2.75, 3.05) is 0 Å². The van der Waals surface area contributed by atoms with Crippen LogP contribution in [0, 0.1) is 11.8 Å². The van der Waals surface area contributed by atoms with Gasteiger partial charge in [0.1, 0.15) is 0 Å². The number of allylic oxidation sites excluding steroid dienone is 1. The molecule has 0 unspecified atom stereocenters. The maximum atomic E-state index is 11.9. The molecule has 2 aromatic carbocycles. The average molecular weight is 323 g/mol. The Balaban J connectivity index is 2.37. The number of carbonyl (C=O) groups excluding carboxylic acids is 1. The third-order valence-corrected chi connectivity index (χ3v) is 3.14. The summed E-state index contributed by atoms with van der Waals surface area (Å²) in [5.41, 5.74) is 4.66. The SMILES string of the molecule is C=C=CC(=O)c1ccccc1C#Cc1ccc(Br)cc1. The fourth-order valence-corrected chi connectivity index (χ4v) is 1.91. The molecule has 0 aliphatic heterocycles. The molecule has 2 heteroatoms. The number of halogens is 1. The highest BCUT2D eigenvalue weighted by molar-refractivity contribution is 9.10. The fraction of sp³-hybridized carbons (Fsp3) is 0. The Bertz CT molecular complexity index is 739. The summed E-state index contributed by atoms with van der Waals surface area (Å²) in [6.45, 7) is 3.42. The van der Waals surface area contributed by atoms with Crippen molar-refractivity contribution in [3.8, 4) is 11.8 Å². The molecule has 20 heavy (non-hydrogen) atoms. The van der Waals surface area contributed by atoms with Crippen molar-refractivity contribution in [1.82, 2.24) is 0 Å². The van der Waals surface area contributed by atoms with Crippen LogP contribution in [0.1, 0.15) is 21.5 Å². The van der Waals surface area contributed by atoms with Gasteiger partial charge in [0.15, 0.2) is 5.78 Å². The highest BCUT2D eigenvalue weighted by Gasteiger charge is 2.05. The summed E-state index contributed by atoms with van der Waals surface area (Å²) in [4.78, 5) is 11.9. The van der Waals surface area contributed by atoms with Gasteiger partial charge in [0.05, 0.1) is 0 Å². The third-order valence-electron chi connectivity index (χ3n) is 2.61. The van der Waals surface area contributed by atoms with Crippen molar-refractivity contribution < 1.29 is 4.79 Å². The Morgan fingerprint density at radius 1 is 1.05 bits per heavy atom. The molecular formula is C18H11BrO. The maximum absolute atomic E-state index is 11.9. The average Bonchev–Trinajstić information content (AvgIpc) is 2.47. The van der Waals surface area contributed by atoms with Crippen LogP contribution in [0.3, 0.4) is 0 Å². The predicted octanol–water partition coefficient (Wildman–Crippen LogP) is 4.37. The largest absolute Gasteiger partial charge is 0.289 e. The van der Waals surface area contributed by atoms with Crippen molar-refractivity contribution >= 4 is 21.7 Å². The molecule has 0 N–H and O–H groups in total. The highest BCUT2D eigenvalue weighted by Crippen LogP contribution is 2.11. The van der Waals surface area contributed by atoms with Crippen LogP contribution in [0.15, 0.2) is 71.4 Å². The van der Waals surface area contributed by atoms with E-state index in [9.17, 15) is 4.79 Å². The first kappa shape index (κ1) is 14.1. The van der Waals surface area contributed by atoms with Crippen LogP contribution in [-0.4, -0.2) is 5.78 Å². The minimum atomic E-state index is -0.138. The highest BCUT2D eigenvalue weighted by atomic mass is 79.9. The van der Waals surface area contributed by atoms with Crippen molar-refractivity contribution in [1.29, 1.82) is 0 Å². The van der Waals surface area contributed by atoms with Gasteiger partial charge in [-0.3, -0.25) is 4.79 Å².